The van der Waals surface area contributed by atoms with Gasteiger partial charge in [0.25, 0.3) is 0 Å². The summed E-state index contributed by atoms with van der Waals surface area (Å²) < 4.78 is 1.18. The Morgan fingerprint density at radius 3 is 2.87 bits per heavy atom. The van der Waals surface area contributed by atoms with Crippen molar-refractivity contribution in [2.45, 2.75) is 6.92 Å². The molecule has 0 aromatic heterocycles. The highest BCUT2D eigenvalue weighted by Gasteiger charge is 2.03. The number of nitrogens with one attached hydrogen (secondary N) is 1. The second kappa shape index (κ2) is 6.48. The lowest BCUT2D eigenvalue weighted by Gasteiger charge is -2.13. The predicted octanol–water partition coefficient (Wildman–Crippen LogP) is 3.28. The maximum atomic E-state index is 5.70. The molecule has 1 aromatic rings. The monoisotopic (exact) mass is 336 g/mol. The van der Waals surface area contributed by atoms with Crippen LogP contribution in [0.5, 0.6) is 0 Å². The number of hydrogen-bond donors (Lipinski definition) is 2. The summed E-state index contributed by atoms with van der Waals surface area (Å²) in [6.07, 6.45) is 2.14. The lowest BCUT2D eigenvalue weighted by Crippen LogP contribution is -2.13. The summed E-state index contributed by atoms with van der Waals surface area (Å²) in [6.45, 7) is 3.27. The van der Waals surface area contributed by atoms with Crippen molar-refractivity contribution in [1.82, 2.24) is 0 Å². The van der Waals surface area contributed by atoms with E-state index < -0.39 is 0 Å². The molecule has 1 aromatic carbocycles. The van der Waals surface area contributed by atoms with Crippen molar-refractivity contribution >= 4 is 45.7 Å². The van der Waals surface area contributed by atoms with E-state index in [9.17, 15) is 0 Å². The Labute approximate surface area is 110 Å². The highest BCUT2D eigenvalue weighted by molar-refractivity contribution is 14.1. The van der Waals surface area contributed by atoms with E-state index in [4.69, 9.17) is 5.73 Å². The molecule has 0 saturated heterocycles. The Kier molecular flexibility index (Phi) is 5.60. The number of hydrogen-bond acceptors (Lipinski definition) is 3. The fourth-order valence-electron chi connectivity index (χ4n) is 1.30. The van der Waals surface area contributed by atoms with Crippen molar-refractivity contribution in [3.05, 3.63) is 21.8 Å². The van der Waals surface area contributed by atoms with Crippen LogP contribution in [0.25, 0.3) is 0 Å². The second-order valence-electron chi connectivity index (χ2n) is 3.68. The van der Waals surface area contributed by atoms with Gasteiger partial charge >= 0.3 is 0 Å². The standard InChI is InChI=1S/C11H17IN2S/c1-8(7-15-2)6-14-11-4-3-9(13)5-10(11)12/h3-5,8,14H,6-7,13H2,1-2H3. The van der Waals surface area contributed by atoms with E-state index in [1.54, 1.807) is 0 Å². The zero-order valence-corrected chi connectivity index (χ0v) is 12.1. The summed E-state index contributed by atoms with van der Waals surface area (Å²) in [4.78, 5) is 0. The Morgan fingerprint density at radius 1 is 1.53 bits per heavy atom. The molecule has 0 amide bonds. The molecular formula is C11H17IN2S. The molecular weight excluding hydrogens is 319 g/mol. The molecule has 84 valence electrons. The molecule has 1 unspecified atom stereocenters. The minimum absolute atomic E-state index is 0.688. The third-order valence-electron chi connectivity index (χ3n) is 2.09. The summed E-state index contributed by atoms with van der Waals surface area (Å²) in [5.74, 6) is 1.88. The van der Waals surface area contributed by atoms with Crippen LogP contribution in [0.2, 0.25) is 0 Å². The highest BCUT2D eigenvalue weighted by Crippen LogP contribution is 2.21. The molecule has 1 rings (SSSR count). The molecule has 0 aliphatic carbocycles. The lowest BCUT2D eigenvalue weighted by molar-refractivity contribution is 0.701. The molecule has 4 heteroatoms. The van der Waals surface area contributed by atoms with Crippen LogP contribution in [0.15, 0.2) is 18.2 Å². The molecule has 0 aliphatic heterocycles. The van der Waals surface area contributed by atoms with Crippen molar-refractivity contribution in [3.8, 4) is 0 Å². The summed E-state index contributed by atoms with van der Waals surface area (Å²) in [5, 5.41) is 3.45. The normalized spacial score (nSPS) is 12.5. The quantitative estimate of drug-likeness (QED) is 0.640. The number of benzene rings is 1. The van der Waals surface area contributed by atoms with Gasteiger partial charge < -0.3 is 11.1 Å². The predicted molar refractivity (Wildman–Crippen MR) is 79.6 cm³/mol. The fourth-order valence-corrected chi connectivity index (χ4v) is 2.72. The molecule has 0 spiro atoms. The Balaban J connectivity index is 2.50. The smallest absolute Gasteiger partial charge is 0.0477 e. The Morgan fingerprint density at radius 2 is 2.27 bits per heavy atom. The van der Waals surface area contributed by atoms with Gasteiger partial charge in [-0.15, -0.1) is 0 Å². The first-order valence-electron chi connectivity index (χ1n) is 4.91. The van der Waals surface area contributed by atoms with Gasteiger partial charge in [0.15, 0.2) is 0 Å². The molecule has 0 aliphatic rings. The third kappa shape index (κ3) is 4.51. The van der Waals surface area contributed by atoms with Crippen molar-refractivity contribution in [1.29, 1.82) is 0 Å². The average molecular weight is 336 g/mol. The fraction of sp³-hybridized carbons (Fsp3) is 0.455. The van der Waals surface area contributed by atoms with Crippen LogP contribution in [0.1, 0.15) is 6.92 Å². The van der Waals surface area contributed by atoms with E-state index in [0.717, 1.165) is 12.2 Å². The summed E-state index contributed by atoms with van der Waals surface area (Å²) in [7, 11) is 0. The third-order valence-corrected chi connectivity index (χ3v) is 3.88. The van der Waals surface area contributed by atoms with Gasteiger partial charge in [-0.2, -0.15) is 11.8 Å². The van der Waals surface area contributed by atoms with Crippen LogP contribution in [0.3, 0.4) is 0 Å². The van der Waals surface area contributed by atoms with Gasteiger partial charge in [-0.1, -0.05) is 6.92 Å². The topological polar surface area (TPSA) is 38.0 Å². The number of anilines is 2. The molecule has 0 saturated carbocycles. The zero-order valence-electron chi connectivity index (χ0n) is 9.09. The van der Waals surface area contributed by atoms with Crippen LogP contribution in [0.4, 0.5) is 11.4 Å². The van der Waals surface area contributed by atoms with E-state index in [1.165, 1.54) is 15.0 Å². The summed E-state index contributed by atoms with van der Waals surface area (Å²) >= 11 is 4.20. The highest BCUT2D eigenvalue weighted by atomic mass is 127. The van der Waals surface area contributed by atoms with Gasteiger partial charge in [0, 0.05) is 21.5 Å². The van der Waals surface area contributed by atoms with E-state index in [0.29, 0.717) is 5.92 Å². The van der Waals surface area contributed by atoms with Gasteiger partial charge in [-0.05, 0) is 58.7 Å². The molecule has 3 N–H and O–H groups in total. The van der Waals surface area contributed by atoms with E-state index >= 15 is 0 Å². The first-order valence-corrected chi connectivity index (χ1v) is 7.38. The van der Waals surface area contributed by atoms with Crippen LogP contribution in [-0.2, 0) is 0 Å². The molecule has 1 atom stereocenters. The molecule has 0 heterocycles. The zero-order chi connectivity index (χ0) is 11.3. The van der Waals surface area contributed by atoms with Crippen LogP contribution in [-0.4, -0.2) is 18.6 Å². The number of nitrogen functional groups attached to an aromatic ring is 1. The largest absolute Gasteiger partial charge is 0.399 e. The number of halogens is 1. The molecule has 0 fully saturated rings. The van der Waals surface area contributed by atoms with Crippen LogP contribution in [0, 0.1) is 9.49 Å². The minimum Gasteiger partial charge on any atom is -0.399 e. The Hall–Kier alpha value is -0.100. The minimum atomic E-state index is 0.688. The van der Waals surface area contributed by atoms with Crippen LogP contribution < -0.4 is 11.1 Å². The van der Waals surface area contributed by atoms with Gasteiger partial charge in [0.2, 0.25) is 0 Å². The van der Waals surface area contributed by atoms with Crippen molar-refractivity contribution in [2.75, 3.05) is 29.6 Å². The second-order valence-corrected chi connectivity index (χ2v) is 5.75. The van der Waals surface area contributed by atoms with Crippen molar-refractivity contribution in [2.24, 2.45) is 5.92 Å². The molecule has 15 heavy (non-hydrogen) atoms. The van der Waals surface area contributed by atoms with Crippen LogP contribution >= 0.6 is 34.4 Å². The number of thioether (sulfide) groups is 1. The number of rotatable bonds is 5. The first kappa shape index (κ1) is 13.0. The Bertz CT molecular complexity index is 317. The SMILES string of the molecule is CSCC(C)CNc1ccc(N)cc1I. The van der Waals surface area contributed by atoms with E-state index in [1.807, 2.05) is 30.0 Å². The average Bonchev–Trinajstić information content (AvgIpc) is 2.17. The first-order chi connectivity index (χ1) is 7.13. The van der Waals surface area contributed by atoms with Gasteiger partial charge in [0.1, 0.15) is 0 Å². The van der Waals surface area contributed by atoms with Crippen molar-refractivity contribution in [3.63, 3.8) is 0 Å². The van der Waals surface area contributed by atoms with Gasteiger partial charge in [0.05, 0.1) is 0 Å². The van der Waals surface area contributed by atoms with E-state index in [2.05, 4.69) is 41.1 Å². The maximum Gasteiger partial charge on any atom is 0.0477 e. The number of nitrogens with two attached hydrogens (primary N) is 1. The van der Waals surface area contributed by atoms with Gasteiger partial charge in [-0.25, -0.2) is 0 Å². The maximum absolute atomic E-state index is 5.70. The van der Waals surface area contributed by atoms with E-state index in [-0.39, 0.29) is 0 Å². The molecule has 0 bridgehead atoms. The molecule has 0 radical (unpaired) electrons. The lowest BCUT2D eigenvalue weighted by atomic mass is 10.2. The molecule has 2 nitrogen and oxygen atoms in total. The summed E-state index contributed by atoms with van der Waals surface area (Å²) in [5.41, 5.74) is 7.70. The van der Waals surface area contributed by atoms with Gasteiger partial charge in [-0.3, -0.25) is 0 Å². The summed E-state index contributed by atoms with van der Waals surface area (Å²) in [6, 6.07) is 5.97. The van der Waals surface area contributed by atoms with Crippen molar-refractivity contribution < 1.29 is 0 Å².